The van der Waals surface area contributed by atoms with Gasteiger partial charge in [-0.05, 0) is 26.0 Å². The van der Waals surface area contributed by atoms with E-state index in [-0.39, 0.29) is 23.4 Å². The van der Waals surface area contributed by atoms with Gasteiger partial charge in [-0.15, -0.1) is 23.2 Å². The summed E-state index contributed by atoms with van der Waals surface area (Å²) in [4.78, 5) is 22.2. The Kier molecular flexibility index (Phi) is 5.14. The Morgan fingerprint density at radius 1 is 1.42 bits per heavy atom. The van der Waals surface area contributed by atoms with Crippen LogP contribution in [-0.2, 0) is 0 Å². The fourth-order valence-corrected chi connectivity index (χ4v) is 1.87. The highest BCUT2D eigenvalue weighted by Gasteiger charge is 2.25. The first kappa shape index (κ1) is 15.7. The van der Waals surface area contributed by atoms with Gasteiger partial charge in [0.05, 0.1) is 10.5 Å². The number of carbonyl (C=O) groups is 1. The minimum absolute atomic E-state index is 0.0194. The number of carbonyl (C=O) groups excluding carboxylic acids is 1. The van der Waals surface area contributed by atoms with Crippen molar-refractivity contribution >= 4 is 34.8 Å². The standard InChI is InChI=1S/C12H14Cl2N2O3/c1-8-5-9(3-4-10(8)16(18)19)11(17)15-12(2,6-13)7-14/h3-5H,6-7H2,1-2H3,(H,15,17). The summed E-state index contributed by atoms with van der Waals surface area (Å²) in [5.41, 5.74) is 0.0326. The molecule has 1 rings (SSSR count). The van der Waals surface area contributed by atoms with Crippen molar-refractivity contribution < 1.29 is 9.72 Å². The SMILES string of the molecule is Cc1cc(C(=O)NC(C)(CCl)CCl)ccc1[N+](=O)[O-]. The molecule has 1 aromatic rings. The highest BCUT2D eigenvalue weighted by Crippen LogP contribution is 2.19. The first-order valence-corrected chi connectivity index (χ1v) is 6.59. The molecule has 19 heavy (non-hydrogen) atoms. The van der Waals surface area contributed by atoms with Crippen LogP contribution in [0.25, 0.3) is 0 Å². The second-order valence-corrected chi connectivity index (χ2v) is 5.07. The molecule has 0 bridgehead atoms. The predicted molar refractivity (Wildman–Crippen MR) is 75.1 cm³/mol. The summed E-state index contributed by atoms with van der Waals surface area (Å²) in [6, 6.07) is 4.18. The van der Waals surface area contributed by atoms with E-state index in [1.807, 2.05) is 0 Å². The highest BCUT2D eigenvalue weighted by atomic mass is 35.5. The van der Waals surface area contributed by atoms with Crippen molar-refractivity contribution in [3.05, 3.63) is 39.4 Å². The molecule has 104 valence electrons. The molecule has 0 spiro atoms. The number of halogens is 2. The minimum atomic E-state index is -0.712. The van der Waals surface area contributed by atoms with E-state index < -0.39 is 10.5 Å². The van der Waals surface area contributed by atoms with Crippen LogP contribution in [0.4, 0.5) is 5.69 Å². The molecule has 0 radical (unpaired) electrons. The molecule has 0 aliphatic heterocycles. The van der Waals surface area contributed by atoms with Gasteiger partial charge in [-0.1, -0.05) is 0 Å². The van der Waals surface area contributed by atoms with E-state index in [2.05, 4.69) is 5.32 Å². The third kappa shape index (κ3) is 3.81. The van der Waals surface area contributed by atoms with E-state index >= 15 is 0 Å². The van der Waals surface area contributed by atoms with Crippen molar-refractivity contribution in [2.24, 2.45) is 0 Å². The number of benzene rings is 1. The molecule has 0 saturated carbocycles. The molecule has 0 atom stereocenters. The molecule has 0 aliphatic carbocycles. The average Bonchev–Trinajstić information content (AvgIpc) is 2.37. The Hall–Kier alpha value is -1.33. The van der Waals surface area contributed by atoms with Crippen LogP contribution in [0, 0.1) is 17.0 Å². The van der Waals surface area contributed by atoms with E-state index in [9.17, 15) is 14.9 Å². The summed E-state index contributed by atoms with van der Waals surface area (Å²) < 4.78 is 0. The highest BCUT2D eigenvalue weighted by molar-refractivity contribution is 6.22. The zero-order chi connectivity index (χ0) is 14.6. The van der Waals surface area contributed by atoms with E-state index in [1.165, 1.54) is 18.2 Å². The molecule has 0 fully saturated rings. The molecular formula is C12H14Cl2N2O3. The van der Waals surface area contributed by atoms with Crippen LogP contribution in [-0.4, -0.2) is 28.1 Å². The molecule has 1 N–H and O–H groups in total. The zero-order valence-electron chi connectivity index (χ0n) is 10.6. The van der Waals surface area contributed by atoms with Gasteiger partial charge in [-0.2, -0.15) is 0 Å². The molecule has 0 saturated heterocycles. The summed E-state index contributed by atoms with van der Waals surface area (Å²) in [6.07, 6.45) is 0. The fourth-order valence-electron chi connectivity index (χ4n) is 1.45. The van der Waals surface area contributed by atoms with Crippen molar-refractivity contribution in [1.29, 1.82) is 0 Å². The molecule has 0 aromatic heterocycles. The van der Waals surface area contributed by atoms with Crippen molar-refractivity contribution in [2.75, 3.05) is 11.8 Å². The zero-order valence-corrected chi connectivity index (χ0v) is 12.1. The summed E-state index contributed by atoms with van der Waals surface area (Å²) in [5.74, 6) is -0.00984. The van der Waals surface area contributed by atoms with Gasteiger partial charge < -0.3 is 5.32 Å². The van der Waals surface area contributed by atoms with E-state index in [0.717, 1.165) is 0 Å². The van der Waals surface area contributed by atoms with Gasteiger partial charge in [0, 0.05) is 29.0 Å². The molecule has 1 amide bonds. The number of nitro benzene ring substituents is 1. The fraction of sp³-hybridized carbons (Fsp3) is 0.417. The maximum absolute atomic E-state index is 12.0. The largest absolute Gasteiger partial charge is 0.344 e. The van der Waals surface area contributed by atoms with E-state index in [4.69, 9.17) is 23.2 Å². The predicted octanol–water partition coefficient (Wildman–Crippen LogP) is 2.87. The number of hydrogen-bond acceptors (Lipinski definition) is 3. The number of amides is 1. The molecule has 1 aromatic carbocycles. The van der Waals surface area contributed by atoms with Crippen LogP contribution in [0.15, 0.2) is 18.2 Å². The molecule has 7 heteroatoms. The van der Waals surface area contributed by atoms with Gasteiger partial charge in [0.15, 0.2) is 0 Å². The first-order valence-electron chi connectivity index (χ1n) is 5.52. The number of nitrogens with one attached hydrogen (secondary N) is 1. The smallest absolute Gasteiger partial charge is 0.272 e. The molecule has 0 aliphatic rings. The summed E-state index contributed by atoms with van der Waals surface area (Å²) in [6.45, 7) is 3.31. The first-order chi connectivity index (χ1) is 8.83. The molecule has 0 unspecified atom stereocenters. The van der Waals surface area contributed by atoms with Gasteiger partial charge in [0.1, 0.15) is 0 Å². The lowest BCUT2D eigenvalue weighted by molar-refractivity contribution is -0.385. The Morgan fingerprint density at radius 2 is 2.00 bits per heavy atom. The second-order valence-electron chi connectivity index (χ2n) is 4.54. The van der Waals surface area contributed by atoms with Crippen LogP contribution in [0.1, 0.15) is 22.8 Å². The van der Waals surface area contributed by atoms with E-state index in [0.29, 0.717) is 11.1 Å². The van der Waals surface area contributed by atoms with Gasteiger partial charge in [0.2, 0.25) is 0 Å². The quantitative estimate of drug-likeness (QED) is 0.516. The summed E-state index contributed by atoms with van der Waals surface area (Å²) in [7, 11) is 0. The lowest BCUT2D eigenvalue weighted by Gasteiger charge is -2.25. The molecular weight excluding hydrogens is 291 g/mol. The number of alkyl halides is 2. The maximum Gasteiger partial charge on any atom is 0.272 e. The summed E-state index contributed by atoms with van der Waals surface area (Å²) in [5, 5.41) is 13.4. The van der Waals surface area contributed by atoms with Crippen molar-refractivity contribution in [3.8, 4) is 0 Å². The number of rotatable bonds is 5. The Balaban J connectivity index is 2.96. The van der Waals surface area contributed by atoms with Crippen molar-refractivity contribution in [3.63, 3.8) is 0 Å². The molecule has 0 heterocycles. The Morgan fingerprint density at radius 3 is 2.42 bits per heavy atom. The third-order valence-corrected chi connectivity index (χ3v) is 3.84. The van der Waals surface area contributed by atoms with E-state index in [1.54, 1.807) is 13.8 Å². The van der Waals surface area contributed by atoms with Gasteiger partial charge in [0.25, 0.3) is 11.6 Å². The van der Waals surface area contributed by atoms with Gasteiger partial charge in [-0.25, -0.2) is 0 Å². The maximum atomic E-state index is 12.0. The topological polar surface area (TPSA) is 72.2 Å². The third-order valence-electron chi connectivity index (χ3n) is 2.66. The van der Waals surface area contributed by atoms with Crippen molar-refractivity contribution in [2.45, 2.75) is 19.4 Å². The Labute approximate surface area is 121 Å². The number of nitrogens with zero attached hydrogens (tertiary/aromatic N) is 1. The number of nitro groups is 1. The summed E-state index contributed by atoms with van der Waals surface area (Å²) >= 11 is 11.5. The number of hydrogen-bond donors (Lipinski definition) is 1. The number of aryl methyl sites for hydroxylation is 1. The van der Waals surface area contributed by atoms with Crippen molar-refractivity contribution in [1.82, 2.24) is 5.32 Å². The van der Waals surface area contributed by atoms with Crippen LogP contribution in [0.5, 0.6) is 0 Å². The normalized spacial score (nSPS) is 11.2. The van der Waals surface area contributed by atoms with Gasteiger partial charge in [-0.3, -0.25) is 14.9 Å². The van der Waals surface area contributed by atoms with Gasteiger partial charge >= 0.3 is 0 Å². The monoisotopic (exact) mass is 304 g/mol. The van der Waals surface area contributed by atoms with Crippen LogP contribution >= 0.6 is 23.2 Å². The lowest BCUT2D eigenvalue weighted by Crippen LogP contribution is -2.49. The van der Waals surface area contributed by atoms with Crippen LogP contribution in [0.3, 0.4) is 0 Å². The lowest BCUT2D eigenvalue weighted by atomic mass is 10.1. The Bertz CT molecular complexity index is 502. The molecule has 5 nitrogen and oxygen atoms in total. The van der Waals surface area contributed by atoms with Crippen LogP contribution < -0.4 is 5.32 Å². The second kappa shape index (κ2) is 6.21. The van der Waals surface area contributed by atoms with Crippen LogP contribution in [0.2, 0.25) is 0 Å². The average molecular weight is 305 g/mol. The minimum Gasteiger partial charge on any atom is -0.344 e.